The summed E-state index contributed by atoms with van der Waals surface area (Å²) >= 11 is 0. The predicted octanol–water partition coefficient (Wildman–Crippen LogP) is 1.67. The zero-order chi connectivity index (χ0) is 10.7. The van der Waals surface area contributed by atoms with Crippen LogP contribution in [0.25, 0.3) is 0 Å². The number of ether oxygens (including phenoxy) is 1. The third-order valence-corrected chi connectivity index (χ3v) is 1.64. The summed E-state index contributed by atoms with van der Waals surface area (Å²) in [6, 6.07) is 2.94. The summed E-state index contributed by atoms with van der Waals surface area (Å²) in [7, 11) is 0. The molecule has 1 atom stereocenters. The number of hydrogen-bond donors (Lipinski definition) is 2. The summed E-state index contributed by atoms with van der Waals surface area (Å²) in [6.07, 6.45) is -0.727. The lowest BCUT2D eigenvalue weighted by atomic mass is 10.3. The maximum absolute atomic E-state index is 13.0. The third kappa shape index (κ3) is 2.42. The van der Waals surface area contributed by atoms with Crippen molar-refractivity contribution < 1.29 is 13.5 Å². The monoisotopic (exact) mass is 200 g/mol. The van der Waals surface area contributed by atoms with Gasteiger partial charge < -0.3 is 10.5 Å². The van der Waals surface area contributed by atoms with Crippen LogP contribution < -0.4 is 10.5 Å². The van der Waals surface area contributed by atoms with Gasteiger partial charge in [0.2, 0.25) is 0 Å². The van der Waals surface area contributed by atoms with Gasteiger partial charge in [0, 0.05) is 6.07 Å². The largest absolute Gasteiger partial charge is 0.480 e. The average Bonchev–Trinajstić information content (AvgIpc) is 2.09. The second-order valence-electron chi connectivity index (χ2n) is 2.79. The average molecular weight is 200 g/mol. The Kier molecular flexibility index (Phi) is 3.01. The quantitative estimate of drug-likeness (QED) is 0.576. The van der Waals surface area contributed by atoms with Crippen LogP contribution in [-0.4, -0.2) is 11.9 Å². The number of benzene rings is 1. The van der Waals surface area contributed by atoms with Gasteiger partial charge in [0.05, 0.1) is 0 Å². The van der Waals surface area contributed by atoms with Crippen LogP contribution in [0.15, 0.2) is 18.2 Å². The summed E-state index contributed by atoms with van der Waals surface area (Å²) in [6.45, 7) is 1.51. The van der Waals surface area contributed by atoms with Crippen LogP contribution in [0.1, 0.15) is 6.92 Å². The molecule has 5 heteroatoms. The highest BCUT2D eigenvalue weighted by molar-refractivity contribution is 5.81. The first-order chi connectivity index (χ1) is 6.50. The van der Waals surface area contributed by atoms with Crippen molar-refractivity contribution in [3.8, 4) is 5.75 Å². The van der Waals surface area contributed by atoms with Crippen molar-refractivity contribution in [2.75, 3.05) is 0 Å². The molecule has 0 aliphatic rings. The summed E-state index contributed by atoms with van der Waals surface area (Å²) in [5, 5.41) is 7.02. The number of nitrogens with one attached hydrogen (secondary N) is 1. The third-order valence-electron chi connectivity index (χ3n) is 1.64. The van der Waals surface area contributed by atoms with Crippen molar-refractivity contribution in [2.24, 2.45) is 5.73 Å². The summed E-state index contributed by atoms with van der Waals surface area (Å²) in [4.78, 5) is 0. The number of rotatable bonds is 3. The highest BCUT2D eigenvalue weighted by Crippen LogP contribution is 2.18. The minimum atomic E-state index is -0.807. The summed E-state index contributed by atoms with van der Waals surface area (Å²) < 4.78 is 30.4. The van der Waals surface area contributed by atoms with E-state index >= 15 is 0 Å². The molecular formula is C9H10F2N2O. The Balaban J connectivity index is 2.82. The van der Waals surface area contributed by atoms with Crippen LogP contribution in [0, 0.1) is 17.0 Å². The number of amidine groups is 1. The van der Waals surface area contributed by atoms with Crippen LogP contribution in [-0.2, 0) is 0 Å². The smallest absolute Gasteiger partial charge is 0.168 e. The fraction of sp³-hybridized carbons (Fsp3) is 0.222. The number of nitrogens with two attached hydrogens (primary N) is 1. The SMILES string of the molecule is CC(Oc1ccc(F)cc1F)C(=N)N. The molecule has 0 spiro atoms. The van der Waals surface area contributed by atoms with Gasteiger partial charge in [-0.1, -0.05) is 0 Å². The molecule has 1 aromatic carbocycles. The molecule has 0 aliphatic carbocycles. The first-order valence-electron chi connectivity index (χ1n) is 3.96. The van der Waals surface area contributed by atoms with E-state index < -0.39 is 17.7 Å². The van der Waals surface area contributed by atoms with Crippen LogP contribution in [0.5, 0.6) is 5.75 Å². The minimum Gasteiger partial charge on any atom is -0.480 e. The lowest BCUT2D eigenvalue weighted by Crippen LogP contribution is -2.30. The maximum atomic E-state index is 13.0. The van der Waals surface area contributed by atoms with Gasteiger partial charge in [-0.2, -0.15) is 0 Å². The van der Waals surface area contributed by atoms with E-state index in [0.717, 1.165) is 12.1 Å². The van der Waals surface area contributed by atoms with Crippen LogP contribution >= 0.6 is 0 Å². The first kappa shape index (κ1) is 10.4. The highest BCUT2D eigenvalue weighted by Gasteiger charge is 2.10. The molecule has 3 nitrogen and oxygen atoms in total. The Hall–Kier alpha value is -1.65. The van der Waals surface area contributed by atoms with Gasteiger partial charge >= 0.3 is 0 Å². The van der Waals surface area contributed by atoms with Crippen LogP contribution in [0.4, 0.5) is 8.78 Å². The molecule has 0 radical (unpaired) electrons. The molecule has 0 bridgehead atoms. The molecule has 1 unspecified atom stereocenters. The van der Waals surface area contributed by atoms with E-state index in [4.69, 9.17) is 15.9 Å². The Morgan fingerprint density at radius 2 is 2.14 bits per heavy atom. The van der Waals surface area contributed by atoms with Crippen molar-refractivity contribution in [1.29, 1.82) is 5.41 Å². The van der Waals surface area contributed by atoms with Gasteiger partial charge in [0.25, 0.3) is 0 Å². The standard InChI is InChI=1S/C9H10F2N2O/c1-5(9(12)13)14-8-3-2-6(10)4-7(8)11/h2-5H,1H3,(H3,12,13). The van der Waals surface area contributed by atoms with Gasteiger partial charge in [-0.15, -0.1) is 0 Å². The number of halogens is 2. The molecule has 76 valence electrons. The predicted molar refractivity (Wildman–Crippen MR) is 48.4 cm³/mol. The Morgan fingerprint density at radius 1 is 1.50 bits per heavy atom. The molecule has 0 amide bonds. The van der Waals surface area contributed by atoms with Crippen LogP contribution in [0.3, 0.4) is 0 Å². The molecule has 14 heavy (non-hydrogen) atoms. The molecule has 1 aromatic rings. The second-order valence-corrected chi connectivity index (χ2v) is 2.79. The van der Waals surface area contributed by atoms with Crippen molar-refractivity contribution >= 4 is 5.84 Å². The van der Waals surface area contributed by atoms with E-state index in [2.05, 4.69) is 0 Å². The van der Waals surface area contributed by atoms with E-state index in [0.29, 0.717) is 6.07 Å². The molecule has 0 aliphatic heterocycles. The zero-order valence-electron chi connectivity index (χ0n) is 7.55. The molecule has 0 heterocycles. The van der Waals surface area contributed by atoms with E-state index in [1.54, 1.807) is 0 Å². The van der Waals surface area contributed by atoms with Gasteiger partial charge in [-0.05, 0) is 19.1 Å². The maximum Gasteiger partial charge on any atom is 0.168 e. The lowest BCUT2D eigenvalue weighted by molar-refractivity contribution is 0.270. The van der Waals surface area contributed by atoms with Crippen molar-refractivity contribution in [1.82, 2.24) is 0 Å². The molecule has 0 fully saturated rings. The van der Waals surface area contributed by atoms with E-state index in [1.165, 1.54) is 6.92 Å². The van der Waals surface area contributed by atoms with Crippen LogP contribution in [0.2, 0.25) is 0 Å². The van der Waals surface area contributed by atoms with Crippen molar-refractivity contribution in [2.45, 2.75) is 13.0 Å². The summed E-state index contributed by atoms with van der Waals surface area (Å²) in [5.41, 5.74) is 5.13. The Morgan fingerprint density at radius 3 is 2.64 bits per heavy atom. The fourth-order valence-corrected chi connectivity index (χ4v) is 0.825. The summed E-state index contributed by atoms with van der Waals surface area (Å²) in [5.74, 6) is -1.81. The Labute approximate surface area is 80.0 Å². The van der Waals surface area contributed by atoms with E-state index in [-0.39, 0.29) is 11.6 Å². The second kappa shape index (κ2) is 4.04. The van der Waals surface area contributed by atoms with E-state index in [9.17, 15) is 8.78 Å². The van der Waals surface area contributed by atoms with Gasteiger partial charge in [0.15, 0.2) is 17.7 Å². The molecule has 0 saturated heterocycles. The molecular weight excluding hydrogens is 190 g/mol. The number of hydrogen-bond acceptors (Lipinski definition) is 2. The van der Waals surface area contributed by atoms with E-state index in [1.807, 2.05) is 0 Å². The van der Waals surface area contributed by atoms with Gasteiger partial charge in [-0.25, -0.2) is 8.78 Å². The highest BCUT2D eigenvalue weighted by atomic mass is 19.1. The van der Waals surface area contributed by atoms with Crippen molar-refractivity contribution in [3.05, 3.63) is 29.8 Å². The molecule has 0 aromatic heterocycles. The molecule has 1 rings (SSSR count). The fourth-order valence-electron chi connectivity index (χ4n) is 0.825. The topological polar surface area (TPSA) is 59.1 Å². The normalized spacial score (nSPS) is 12.2. The molecule has 0 saturated carbocycles. The lowest BCUT2D eigenvalue weighted by Gasteiger charge is -2.13. The molecule has 3 N–H and O–H groups in total. The van der Waals surface area contributed by atoms with Gasteiger partial charge in [-0.3, -0.25) is 5.41 Å². The van der Waals surface area contributed by atoms with Gasteiger partial charge in [0.1, 0.15) is 11.7 Å². The Bertz CT molecular complexity index is 355. The zero-order valence-corrected chi connectivity index (χ0v) is 7.55. The minimum absolute atomic E-state index is 0.117. The van der Waals surface area contributed by atoms with Crippen molar-refractivity contribution in [3.63, 3.8) is 0 Å². The first-order valence-corrected chi connectivity index (χ1v) is 3.96.